The summed E-state index contributed by atoms with van der Waals surface area (Å²) in [4.78, 5) is 23.6. The van der Waals surface area contributed by atoms with Crippen molar-refractivity contribution in [1.29, 1.82) is 0 Å². The quantitative estimate of drug-likeness (QED) is 0.426. The van der Waals surface area contributed by atoms with Crippen LogP contribution in [0.3, 0.4) is 0 Å². The molecule has 0 bridgehead atoms. The summed E-state index contributed by atoms with van der Waals surface area (Å²) in [6.07, 6.45) is 0.885. The van der Waals surface area contributed by atoms with Gasteiger partial charge in [0.1, 0.15) is 13.1 Å². The maximum atomic E-state index is 11.9. The molecule has 0 aromatic heterocycles. The molecule has 2 rings (SSSR count). The summed E-state index contributed by atoms with van der Waals surface area (Å²) in [5.41, 5.74) is 0.253. The van der Waals surface area contributed by atoms with Gasteiger partial charge in [0.2, 0.25) is 0 Å². The number of ether oxygens (including phenoxy) is 1. The Morgan fingerprint density at radius 3 is 2.86 bits per heavy atom. The number of nitro benzene ring substituents is 1. The summed E-state index contributed by atoms with van der Waals surface area (Å²) in [7, 11) is 0. The van der Waals surface area contributed by atoms with Crippen molar-refractivity contribution in [1.82, 2.24) is 5.32 Å². The molecule has 1 amide bonds. The molecule has 1 aliphatic heterocycles. The third kappa shape index (κ3) is 4.80. The van der Waals surface area contributed by atoms with E-state index in [0.717, 1.165) is 39.3 Å². The topological polar surface area (TPSA) is 85.9 Å². The molecule has 2 N–H and O–H groups in total. The Labute approximate surface area is 123 Å². The van der Waals surface area contributed by atoms with Crippen LogP contribution in [-0.4, -0.2) is 50.2 Å². The van der Waals surface area contributed by atoms with Gasteiger partial charge in [-0.15, -0.1) is 0 Å². The van der Waals surface area contributed by atoms with Crippen LogP contribution in [0.2, 0.25) is 0 Å². The fourth-order valence-corrected chi connectivity index (χ4v) is 2.31. The average molecular weight is 294 g/mol. The first-order valence-electron chi connectivity index (χ1n) is 7.11. The molecule has 0 aliphatic carbocycles. The first-order valence-corrected chi connectivity index (χ1v) is 7.11. The molecule has 21 heavy (non-hydrogen) atoms. The largest absolute Gasteiger partial charge is 0.370 e. The van der Waals surface area contributed by atoms with Crippen molar-refractivity contribution < 1.29 is 19.4 Å². The lowest BCUT2D eigenvalue weighted by Crippen LogP contribution is -3.14. The summed E-state index contributed by atoms with van der Waals surface area (Å²) in [5, 5.41) is 13.5. The Morgan fingerprint density at radius 1 is 1.38 bits per heavy atom. The standard InChI is InChI=1S/C14H19N3O4/c18-14(12-3-1-4-13(11-12)17(19)20)15-5-2-6-16-7-9-21-10-8-16/h1,3-4,11H,2,5-10H2,(H,15,18)/p+1. The van der Waals surface area contributed by atoms with Gasteiger partial charge >= 0.3 is 0 Å². The van der Waals surface area contributed by atoms with E-state index in [0.29, 0.717) is 12.1 Å². The average Bonchev–Trinajstić information content (AvgIpc) is 2.52. The minimum Gasteiger partial charge on any atom is -0.370 e. The molecule has 0 saturated carbocycles. The first kappa shape index (κ1) is 15.4. The van der Waals surface area contributed by atoms with Gasteiger partial charge in [-0.2, -0.15) is 0 Å². The normalized spacial score (nSPS) is 15.6. The third-order valence-corrected chi connectivity index (χ3v) is 3.51. The molecule has 1 aliphatic rings. The molecule has 7 heteroatoms. The van der Waals surface area contributed by atoms with Crippen molar-refractivity contribution in [2.45, 2.75) is 6.42 Å². The number of hydrogen-bond donors (Lipinski definition) is 2. The summed E-state index contributed by atoms with van der Waals surface area (Å²) >= 11 is 0. The molecule has 1 aromatic rings. The fraction of sp³-hybridized carbons (Fsp3) is 0.500. The molecule has 0 unspecified atom stereocenters. The van der Waals surface area contributed by atoms with E-state index in [1.807, 2.05) is 0 Å². The van der Waals surface area contributed by atoms with Crippen molar-refractivity contribution in [2.75, 3.05) is 39.4 Å². The van der Waals surface area contributed by atoms with E-state index < -0.39 is 4.92 Å². The summed E-state index contributed by atoms with van der Waals surface area (Å²) in [6.45, 7) is 5.20. The molecular weight excluding hydrogens is 274 g/mol. The van der Waals surface area contributed by atoms with Crippen LogP contribution in [0.25, 0.3) is 0 Å². The van der Waals surface area contributed by atoms with E-state index in [4.69, 9.17) is 4.74 Å². The molecular formula is C14H20N3O4+. The number of nitrogens with zero attached hydrogens (tertiary/aromatic N) is 1. The number of quaternary nitrogens is 1. The number of benzene rings is 1. The fourth-order valence-electron chi connectivity index (χ4n) is 2.31. The highest BCUT2D eigenvalue weighted by Crippen LogP contribution is 2.12. The zero-order valence-corrected chi connectivity index (χ0v) is 11.8. The first-order chi connectivity index (χ1) is 10.2. The second-order valence-corrected chi connectivity index (χ2v) is 5.03. The molecule has 1 saturated heterocycles. The maximum absolute atomic E-state index is 11.9. The van der Waals surface area contributed by atoms with Crippen molar-refractivity contribution in [3.05, 3.63) is 39.9 Å². The van der Waals surface area contributed by atoms with Gasteiger partial charge in [-0.05, 0) is 6.07 Å². The van der Waals surface area contributed by atoms with Crippen LogP contribution in [0.15, 0.2) is 24.3 Å². The van der Waals surface area contributed by atoms with Crippen LogP contribution in [0.5, 0.6) is 0 Å². The Kier molecular flexibility index (Phi) is 5.65. The Balaban J connectivity index is 1.74. The number of carbonyl (C=O) groups is 1. The highest BCUT2D eigenvalue weighted by atomic mass is 16.6. The van der Waals surface area contributed by atoms with E-state index >= 15 is 0 Å². The summed E-state index contributed by atoms with van der Waals surface area (Å²) in [5.74, 6) is -0.268. The second kappa shape index (κ2) is 7.70. The number of morpholine rings is 1. The molecule has 1 heterocycles. The SMILES string of the molecule is O=C(NCCC[NH+]1CCOCC1)c1cccc([N+](=O)[O-])c1. The van der Waals surface area contributed by atoms with Crippen LogP contribution in [-0.2, 0) is 4.74 Å². The van der Waals surface area contributed by atoms with Gasteiger partial charge in [-0.1, -0.05) is 6.07 Å². The van der Waals surface area contributed by atoms with Gasteiger partial charge in [-0.25, -0.2) is 0 Å². The zero-order chi connectivity index (χ0) is 15.1. The van der Waals surface area contributed by atoms with Gasteiger partial charge in [0, 0.05) is 30.7 Å². The minimum atomic E-state index is -0.501. The van der Waals surface area contributed by atoms with Crippen molar-refractivity contribution >= 4 is 11.6 Å². The summed E-state index contributed by atoms with van der Waals surface area (Å²) in [6, 6.07) is 5.77. The van der Waals surface area contributed by atoms with Crippen LogP contribution in [0.4, 0.5) is 5.69 Å². The number of nitrogens with one attached hydrogen (secondary N) is 2. The highest BCUT2D eigenvalue weighted by molar-refractivity contribution is 5.94. The number of nitro groups is 1. The van der Waals surface area contributed by atoms with Crippen molar-refractivity contribution in [3.8, 4) is 0 Å². The number of hydrogen-bond acceptors (Lipinski definition) is 4. The van der Waals surface area contributed by atoms with E-state index in [-0.39, 0.29) is 11.6 Å². The van der Waals surface area contributed by atoms with Crippen molar-refractivity contribution in [3.63, 3.8) is 0 Å². The number of carbonyl (C=O) groups excluding carboxylic acids is 1. The second-order valence-electron chi connectivity index (χ2n) is 5.03. The van der Waals surface area contributed by atoms with Crippen LogP contribution >= 0.6 is 0 Å². The molecule has 0 spiro atoms. The monoisotopic (exact) mass is 294 g/mol. The molecule has 1 aromatic carbocycles. The van der Waals surface area contributed by atoms with Gasteiger partial charge in [0.05, 0.1) is 24.7 Å². The summed E-state index contributed by atoms with van der Waals surface area (Å²) < 4.78 is 5.29. The smallest absolute Gasteiger partial charge is 0.270 e. The van der Waals surface area contributed by atoms with Crippen molar-refractivity contribution in [2.24, 2.45) is 0 Å². The van der Waals surface area contributed by atoms with Gasteiger partial charge in [0.25, 0.3) is 11.6 Å². The predicted molar refractivity (Wildman–Crippen MR) is 76.4 cm³/mol. The lowest BCUT2D eigenvalue weighted by molar-refractivity contribution is -0.908. The van der Waals surface area contributed by atoms with Gasteiger partial charge in [0.15, 0.2) is 0 Å². The maximum Gasteiger partial charge on any atom is 0.270 e. The zero-order valence-electron chi connectivity index (χ0n) is 11.8. The molecule has 114 valence electrons. The Hall–Kier alpha value is -1.99. The Bertz CT molecular complexity index is 501. The Morgan fingerprint density at radius 2 is 2.14 bits per heavy atom. The molecule has 0 atom stereocenters. The third-order valence-electron chi connectivity index (χ3n) is 3.51. The molecule has 0 radical (unpaired) electrons. The van der Waals surface area contributed by atoms with E-state index in [1.54, 1.807) is 6.07 Å². The molecule has 7 nitrogen and oxygen atoms in total. The molecule has 1 fully saturated rings. The predicted octanol–water partition coefficient (Wildman–Crippen LogP) is -0.370. The lowest BCUT2D eigenvalue weighted by Gasteiger charge is -2.23. The number of rotatable bonds is 6. The highest BCUT2D eigenvalue weighted by Gasteiger charge is 2.14. The van der Waals surface area contributed by atoms with Crippen LogP contribution in [0.1, 0.15) is 16.8 Å². The minimum absolute atomic E-state index is 0.0691. The van der Waals surface area contributed by atoms with E-state index in [2.05, 4.69) is 5.32 Å². The van der Waals surface area contributed by atoms with E-state index in [1.165, 1.54) is 23.1 Å². The van der Waals surface area contributed by atoms with E-state index in [9.17, 15) is 14.9 Å². The number of non-ortho nitro benzene ring substituents is 1. The van der Waals surface area contributed by atoms with Gasteiger partial charge < -0.3 is 15.0 Å². The number of amides is 1. The van der Waals surface area contributed by atoms with Crippen LogP contribution < -0.4 is 10.2 Å². The van der Waals surface area contributed by atoms with Crippen LogP contribution in [0, 0.1) is 10.1 Å². The lowest BCUT2D eigenvalue weighted by atomic mass is 10.2. The van der Waals surface area contributed by atoms with Gasteiger partial charge in [-0.3, -0.25) is 14.9 Å².